The highest BCUT2D eigenvalue weighted by Gasteiger charge is 2.24. The maximum absolute atomic E-state index is 13.8. The van der Waals surface area contributed by atoms with Crippen LogP contribution < -0.4 is 5.32 Å². The first kappa shape index (κ1) is 18.5. The van der Waals surface area contributed by atoms with Crippen LogP contribution in [0.15, 0.2) is 60.4 Å². The van der Waals surface area contributed by atoms with E-state index in [-0.39, 0.29) is 30.2 Å². The number of ketones is 1. The largest absolute Gasteiger partial charge is 0.456 e. The molecule has 2 heterocycles. The summed E-state index contributed by atoms with van der Waals surface area (Å²) in [5.74, 6) is -3.24. The summed E-state index contributed by atoms with van der Waals surface area (Å²) in [5, 5.41) is 2.75. The lowest BCUT2D eigenvalue weighted by Crippen LogP contribution is -2.31. The van der Waals surface area contributed by atoms with E-state index in [2.05, 4.69) is 10.1 Å². The zero-order valence-corrected chi connectivity index (χ0v) is 14.9. The topological polar surface area (TPSA) is 77.4 Å². The Hall–Kier alpha value is -3.81. The highest BCUT2D eigenvalue weighted by molar-refractivity contribution is 6.45. The summed E-state index contributed by atoms with van der Waals surface area (Å²) in [6, 6.07) is 9.66. The summed E-state index contributed by atoms with van der Waals surface area (Å²) < 4.78 is 33.2. The number of rotatable bonds is 5. The quantitative estimate of drug-likeness (QED) is 0.409. The fraction of sp³-hybridized carbons (Fsp3) is 0.0952. The Morgan fingerprint density at radius 2 is 1.79 bits per heavy atom. The molecule has 1 aliphatic rings. The van der Waals surface area contributed by atoms with Crippen molar-refractivity contribution in [3.8, 4) is 0 Å². The van der Waals surface area contributed by atoms with Gasteiger partial charge in [0.05, 0.1) is 16.8 Å². The van der Waals surface area contributed by atoms with Crippen molar-refractivity contribution in [1.82, 2.24) is 9.88 Å². The number of hydrogen-bond acceptors (Lipinski definition) is 4. The number of cyclic esters (lactones) is 1. The second kappa shape index (κ2) is 7.31. The molecule has 0 fully saturated rings. The first-order valence-electron chi connectivity index (χ1n) is 8.66. The van der Waals surface area contributed by atoms with E-state index in [0.717, 1.165) is 11.6 Å². The van der Waals surface area contributed by atoms with Crippen molar-refractivity contribution in [2.75, 3.05) is 6.61 Å². The Morgan fingerprint density at radius 1 is 1.07 bits per heavy atom. The van der Waals surface area contributed by atoms with Crippen molar-refractivity contribution in [3.05, 3.63) is 83.2 Å². The first-order valence-corrected chi connectivity index (χ1v) is 8.66. The number of ether oxygens (including phenoxy) is 1. The third-order valence-electron chi connectivity index (χ3n) is 4.50. The summed E-state index contributed by atoms with van der Waals surface area (Å²) >= 11 is 0. The van der Waals surface area contributed by atoms with Gasteiger partial charge < -0.3 is 14.6 Å². The number of hydrogen-bond donors (Lipinski definition) is 1. The number of nitrogens with zero attached hydrogens (tertiary/aromatic N) is 1. The van der Waals surface area contributed by atoms with Crippen LogP contribution >= 0.6 is 0 Å². The maximum atomic E-state index is 13.8. The van der Waals surface area contributed by atoms with E-state index >= 15 is 0 Å². The van der Waals surface area contributed by atoms with Gasteiger partial charge in [0.2, 0.25) is 0 Å². The van der Waals surface area contributed by atoms with E-state index in [1.165, 1.54) is 36.5 Å². The van der Waals surface area contributed by atoms with Crippen LogP contribution in [-0.2, 0) is 20.9 Å². The molecule has 0 unspecified atom stereocenters. The van der Waals surface area contributed by atoms with Crippen LogP contribution in [0.1, 0.15) is 15.9 Å². The molecular weight excluding hydrogens is 382 g/mol. The number of halogens is 2. The lowest BCUT2D eigenvalue weighted by atomic mass is 10.1. The van der Waals surface area contributed by atoms with Gasteiger partial charge in [0.15, 0.2) is 0 Å². The third-order valence-corrected chi connectivity index (χ3v) is 4.50. The minimum atomic E-state index is -0.931. The predicted molar refractivity (Wildman–Crippen MR) is 98.9 cm³/mol. The standard InChI is InChI=1S/C21H14F2N2O4/c22-13-3-1-12(2-4-13)9-25-10-17(16-6-5-14(23)7-18(16)25)20(27)21(28)24-15-8-19(26)29-11-15/h1-8,10H,9,11H2,(H,24,28). The molecule has 8 heteroatoms. The smallest absolute Gasteiger partial charge is 0.333 e. The SMILES string of the molecule is O=C1C=C(NC(=O)C(=O)c2cn(Cc3ccc(F)cc3)c3cc(F)ccc23)CO1. The van der Waals surface area contributed by atoms with Gasteiger partial charge in [0.1, 0.15) is 18.2 Å². The molecule has 0 aliphatic carbocycles. The summed E-state index contributed by atoms with van der Waals surface area (Å²) in [7, 11) is 0. The number of carbonyl (C=O) groups excluding carboxylic acids is 3. The van der Waals surface area contributed by atoms with Crippen molar-refractivity contribution < 1.29 is 27.9 Å². The van der Waals surface area contributed by atoms with E-state index in [1.54, 1.807) is 16.7 Å². The number of amides is 1. The Morgan fingerprint density at radius 3 is 2.48 bits per heavy atom. The minimum Gasteiger partial charge on any atom is -0.456 e. The fourth-order valence-electron chi connectivity index (χ4n) is 3.13. The summed E-state index contributed by atoms with van der Waals surface area (Å²) in [6.07, 6.45) is 2.55. The van der Waals surface area contributed by atoms with Crippen LogP contribution in [-0.4, -0.2) is 28.8 Å². The Kier molecular flexibility index (Phi) is 4.67. The molecule has 1 amide bonds. The molecule has 0 spiro atoms. The van der Waals surface area contributed by atoms with Crippen LogP contribution in [0.5, 0.6) is 0 Å². The van der Waals surface area contributed by atoms with Gasteiger partial charge in [-0.2, -0.15) is 0 Å². The molecule has 1 aromatic heterocycles. The molecule has 6 nitrogen and oxygen atoms in total. The van der Waals surface area contributed by atoms with E-state index in [4.69, 9.17) is 0 Å². The molecule has 0 bridgehead atoms. The normalized spacial score (nSPS) is 13.3. The van der Waals surface area contributed by atoms with Crippen LogP contribution in [0.4, 0.5) is 8.78 Å². The zero-order valence-electron chi connectivity index (χ0n) is 14.9. The van der Waals surface area contributed by atoms with Crippen LogP contribution in [0.3, 0.4) is 0 Å². The fourth-order valence-corrected chi connectivity index (χ4v) is 3.13. The second-order valence-electron chi connectivity index (χ2n) is 6.52. The molecular formula is C21H14F2N2O4. The first-order chi connectivity index (χ1) is 13.9. The van der Waals surface area contributed by atoms with Gasteiger partial charge in [-0.25, -0.2) is 13.6 Å². The predicted octanol–water partition coefficient (Wildman–Crippen LogP) is 2.71. The van der Waals surface area contributed by atoms with Gasteiger partial charge in [0, 0.05) is 24.2 Å². The molecule has 1 aliphatic heterocycles. The van der Waals surface area contributed by atoms with Crippen LogP contribution in [0.25, 0.3) is 10.9 Å². The second-order valence-corrected chi connectivity index (χ2v) is 6.52. The average Bonchev–Trinajstić information content (AvgIpc) is 3.26. The molecule has 146 valence electrons. The van der Waals surface area contributed by atoms with Crippen molar-refractivity contribution in [2.24, 2.45) is 0 Å². The Labute approximate surface area is 163 Å². The minimum absolute atomic E-state index is 0.0884. The molecule has 0 saturated heterocycles. The Bertz CT molecular complexity index is 1180. The van der Waals surface area contributed by atoms with Crippen molar-refractivity contribution >= 4 is 28.6 Å². The highest BCUT2D eigenvalue weighted by atomic mass is 19.1. The number of fused-ring (bicyclic) bond motifs is 1. The number of Topliss-reactive ketones (excluding diaryl/α,β-unsaturated/α-hetero) is 1. The van der Waals surface area contributed by atoms with Gasteiger partial charge in [-0.1, -0.05) is 12.1 Å². The number of nitrogens with one attached hydrogen (secondary N) is 1. The van der Waals surface area contributed by atoms with E-state index in [9.17, 15) is 23.2 Å². The van der Waals surface area contributed by atoms with Crippen molar-refractivity contribution in [2.45, 2.75) is 6.54 Å². The Balaban J connectivity index is 1.68. The summed E-state index contributed by atoms with van der Waals surface area (Å²) in [4.78, 5) is 36.1. The van der Waals surface area contributed by atoms with E-state index in [0.29, 0.717) is 10.9 Å². The number of carbonyl (C=O) groups is 3. The molecule has 0 saturated carbocycles. The van der Waals surface area contributed by atoms with Crippen LogP contribution in [0, 0.1) is 11.6 Å². The molecule has 0 radical (unpaired) electrons. The molecule has 3 aromatic rings. The lowest BCUT2D eigenvalue weighted by Gasteiger charge is -2.05. The van der Waals surface area contributed by atoms with Gasteiger partial charge >= 0.3 is 5.97 Å². The molecule has 4 rings (SSSR count). The van der Waals surface area contributed by atoms with E-state index in [1.807, 2.05) is 0 Å². The molecule has 2 aromatic carbocycles. The van der Waals surface area contributed by atoms with Crippen molar-refractivity contribution in [3.63, 3.8) is 0 Å². The monoisotopic (exact) mass is 396 g/mol. The zero-order chi connectivity index (χ0) is 20.5. The van der Waals surface area contributed by atoms with Crippen molar-refractivity contribution in [1.29, 1.82) is 0 Å². The van der Waals surface area contributed by atoms with Gasteiger partial charge in [-0.3, -0.25) is 9.59 Å². The maximum Gasteiger partial charge on any atom is 0.333 e. The summed E-state index contributed by atoms with van der Waals surface area (Å²) in [5.41, 5.74) is 1.44. The van der Waals surface area contributed by atoms with Gasteiger partial charge in [-0.15, -0.1) is 0 Å². The molecule has 0 atom stereocenters. The lowest BCUT2D eigenvalue weighted by molar-refractivity contribution is -0.135. The molecule has 1 N–H and O–H groups in total. The van der Waals surface area contributed by atoms with E-state index < -0.39 is 23.5 Å². The summed E-state index contributed by atoms with van der Waals surface area (Å²) in [6.45, 7) is 0.137. The van der Waals surface area contributed by atoms with Crippen LogP contribution in [0.2, 0.25) is 0 Å². The molecule has 29 heavy (non-hydrogen) atoms. The number of esters is 1. The number of aromatic nitrogens is 1. The number of benzene rings is 2. The third kappa shape index (κ3) is 3.77. The van der Waals surface area contributed by atoms with Gasteiger partial charge in [0.25, 0.3) is 11.7 Å². The highest BCUT2D eigenvalue weighted by Crippen LogP contribution is 2.24. The average molecular weight is 396 g/mol. The van der Waals surface area contributed by atoms with Gasteiger partial charge in [-0.05, 0) is 35.9 Å².